The van der Waals surface area contributed by atoms with Crippen LogP contribution < -0.4 is 5.32 Å². The number of ether oxygens (including phenoxy) is 1. The Balaban J connectivity index is 1.33. The van der Waals surface area contributed by atoms with Gasteiger partial charge < -0.3 is 19.4 Å². The molecule has 2 aromatic heterocycles. The number of aryl methyl sites for hydroxylation is 2. The van der Waals surface area contributed by atoms with Gasteiger partial charge in [-0.15, -0.1) is 0 Å². The topological polar surface area (TPSA) is 89.6 Å². The van der Waals surface area contributed by atoms with Gasteiger partial charge in [-0.05, 0) is 31.7 Å². The van der Waals surface area contributed by atoms with Gasteiger partial charge in [-0.3, -0.25) is 14.3 Å². The molecule has 0 unspecified atom stereocenters. The molecule has 0 aromatic carbocycles. The number of hydrogen-bond donors (Lipinski definition) is 1. The summed E-state index contributed by atoms with van der Waals surface area (Å²) in [4.78, 5) is 25.6. The van der Waals surface area contributed by atoms with E-state index in [2.05, 4.69) is 10.4 Å². The van der Waals surface area contributed by atoms with Crippen LogP contribution in [-0.2, 0) is 28.9 Å². The van der Waals surface area contributed by atoms with E-state index in [4.69, 9.17) is 9.15 Å². The maximum Gasteiger partial charge on any atom is 0.287 e. The molecule has 2 amide bonds. The van der Waals surface area contributed by atoms with Crippen LogP contribution in [0.1, 0.15) is 47.2 Å². The fraction of sp³-hybridized carbons (Fsp3) is 0.591. The number of amides is 2. The molecule has 166 valence electrons. The molecule has 5 rings (SSSR count). The molecular formula is C22H27FN4O4. The second-order valence-corrected chi connectivity index (χ2v) is 8.93. The molecule has 2 fully saturated rings. The van der Waals surface area contributed by atoms with Crippen LogP contribution in [0.2, 0.25) is 0 Å². The van der Waals surface area contributed by atoms with E-state index in [9.17, 15) is 14.0 Å². The van der Waals surface area contributed by atoms with Gasteiger partial charge in [0.2, 0.25) is 5.91 Å². The number of furan rings is 1. The van der Waals surface area contributed by atoms with Crippen molar-refractivity contribution < 1.29 is 23.1 Å². The van der Waals surface area contributed by atoms with Gasteiger partial charge in [0.25, 0.3) is 5.91 Å². The fourth-order valence-corrected chi connectivity index (χ4v) is 4.80. The van der Waals surface area contributed by atoms with Crippen molar-refractivity contribution in [2.24, 2.45) is 0 Å². The van der Waals surface area contributed by atoms with Gasteiger partial charge in [0.1, 0.15) is 5.76 Å². The van der Waals surface area contributed by atoms with E-state index in [1.54, 1.807) is 4.68 Å². The lowest BCUT2D eigenvalue weighted by Gasteiger charge is -2.43. The third-order valence-corrected chi connectivity index (χ3v) is 6.48. The summed E-state index contributed by atoms with van der Waals surface area (Å²) in [7, 11) is 0. The highest BCUT2D eigenvalue weighted by molar-refractivity contribution is 5.95. The number of hydrogen-bond acceptors (Lipinski definition) is 5. The Morgan fingerprint density at radius 2 is 2.16 bits per heavy atom. The number of alkyl halides is 1. The van der Waals surface area contributed by atoms with Gasteiger partial charge >= 0.3 is 0 Å². The first-order valence-electron chi connectivity index (χ1n) is 10.9. The highest BCUT2D eigenvalue weighted by Gasteiger charge is 2.45. The summed E-state index contributed by atoms with van der Waals surface area (Å²) in [5.41, 5.74) is 1.92. The zero-order chi connectivity index (χ0) is 21.8. The lowest BCUT2D eigenvalue weighted by atomic mass is 9.93. The average molecular weight is 430 g/mol. The number of carbonyl (C=O) groups excluding carboxylic acids is 2. The van der Waals surface area contributed by atoms with Crippen LogP contribution in [0, 0.1) is 6.92 Å². The van der Waals surface area contributed by atoms with Crippen LogP contribution in [-0.4, -0.2) is 64.5 Å². The normalized spacial score (nSPS) is 21.4. The van der Waals surface area contributed by atoms with E-state index in [1.807, 2.05) is 13.1 Å². The molecule has 4 heterocycles. The maximum atomic E-state index is 14.9. The number of likely N-dealkylation sites (tertiary alicyclic amines) is 1. The van der Waals surface area contributed by atoms with Crippen LogP contribution in [0.15, 0.2) is 10.6 Å². The van der Waals surface area contributed by atoms with E-state index in [1.165, 1.54) is 11.8 Å². The molecule has 2 saturated heterocycles. The Morgan fingerprint density at radius 1 is 1.35 bits per heavy atom. The molecule has 9 heteroatoms. The number of aromatic nitrogens is 2. The van der Waals surface area contributed by atoms with Crippen LogP contribution in [0.5, 0.6) is 0 Å². The lowest BCUT2D eigenvalue weighted by molar-refractivity contribution is -0.144. The molecule has 0 spiro atoms. The van der Waals surface area contributed by atoms with Crippen molar-refractivity contribution in [2.45, 2.75) is 57.8 Å². The van der Waals surface area contributed by atoms with Crippen molar-refractivity contribution in [2.75, 3.05) is 26.2 Å². The summed E-state index contributed by atoms with van der Waals surface area (Å²) in [6.45, 7) is 4.82. The number of nitrogens with zero attached hydrogens (tertiary/aromatic N) is 3. The second kappa shape index (κ2) is 7.47. The van der Waals surface area contributed by atoms with Gasteiger partial charge in [-0.1, -0.05) is 0 Å². The van der Waals surface area contributed by atoms with Gasteiger partial charge in [0.05, 0.1) is 31.4 Å². The molecule has 2 aliphatic heterocycles. The van der Waals surface area contributed by atoms with Gasteiger partial charge in [-0.2, -0.15) is 5.10 Å². The summed E-state index contributed by atoms with van der Waals surface area (Å²) < 4.78 is 28.1. The summed E-state index contributed by atoms with van der Waals surface area (Å²) in [6, 6.07) is 0. The zero-order valence-corrected chi connectivity index (χ0v) is 17.9. The Morgan fingerprint density at radius 3 is 2.87 bits per heavy atom. The number of carbonyl (C=O) groups is 2. The van der Waals surface area contributed by atoms with E-state index < -0.39 is 5.67 Å². The third kappa shape index (κ3) is 3.64. The van der Waals surface area contributed by atoms with Gasteiger partial charge in [0, 0.05) is 43.8 Å². The minimum Gasteiger partial charge on any atom is -0.455 e. The summed E-state index contributed by atoms with van der Waals surface area (Å²) in [5.74, 6) is 0.698. The molecule has 1 N–H and O–H groups in total. The minimum absolute atomic E-state index is 0.0644. The third-order valence-electron chi connectivity index (χ3n) is 6.48. The van der Waals surface area contributed by atoms with Crippen LogP contribution in [0.25, 0.3) is 11.3 Å². The van der Waals surface area contributed by atoms with Crippen LogP contribution >= 0.6 is 0 Å². The van der Waals surface area contributed by atoms with E-state index >= 15 is 0 Å². The Labute approximate surface area is 179 Å². The van der Waals surface area contributed by atoms with Crippen molar-refractivity contribution in [3.63, 3.8) is 0 Å². The zero-order valence-electron chi connectivity index (χ0n) is 17.9. The number of nitrogens with one attached hydrogen (secondary N) is 1. The first kappa shape index (κ1) is 20.2. The molecular weight excluding hydrogens is 403 g/mol. The minimum atomic E-state index is -1.46. The van der Waals surface area contributed by atoms with Crippen LogP contribution in [0.3, 0.4) is 0 Å². The molecule has 0 saturated carbocycles. The second-order valence-electron chi connectivity index (χ2n) is 8.93. The molecule has 0 bridgehead atoms. The smallest absolute Gasteiger partial charge is 0.287 e. The van der Waals surface area contributed by atoms with Crippen molar-refractivity contribution in [1.82, 2.24) is 20.0 Å². The van der Waals surface area contributed by atoms with E-state index in [0.717, 1.165) is 54.0 Å². The van der Waals surface area contributed by atoms with E-state index in [0.29, 0.717) is 18.7 Å². The maximum absolute atomic E-state index is 14.9. The number of fused-ring (bicyclic) bond motifs is 3. The predicted molar refractivity (Wildman–Crippen MR) is 109 cm³/mol. The van der Waals surface area contributed by atoms with Crippen molar-refractivity contribution >= 4 is 11.8 Å². The summed E-state index contributed by atoms with van der Waals surface area (Å²) in [5, 5.41) is 7.55. The quantitative estimate of drug-likeness (QED) is 0.784. The highest BCUT2D eigenvalue weighted by atomic mass is 19.1. The predicted octanol–water partition coefficient (Wildman–Crippen LogP) is 2.03. The van der Waals surface area contributed by atoms with Crippen molar-refractivity contribution in [1.29, 1.82) is 0 Å². The summed E-state index contributed by atoms with van der Waals surface area (Å²) >= 11 is 0. The Kier molecular flexibility index (Phi) is 4.88. The molecule has 2 aromatic rings. The molecule has 1 aliphatic carbocycles. The van der Waals surface area contributed by atoms with E-state index in [-0.39, 0.29) is 37.6 Å². The van der Waals surface area contributed by atoms with Gasteiger partial charge in [0.15, 0.2) is 11.4 Å². The first-order chi connectivity index (χ1) is 14.8. The Bertz CT molecular complexity index is 1030. The number of rotatable bonds is 5. The molecule has 3 aliphatic rings. The Hall–Kier alpha value is -2.68. The van der Waals surface area contributed by atoms with Crippen molar-refractivity contribution in [3.8, 4) is 11.3 Å². The SMILES string of the molecule is CC(=O)N1CC(F)(Cn2cc3c(n2)-c2c(oc(C(=O)NC[C@@H]4CCCO4)c2C)CC3)C1. The molecule has 8 nitrogen and oxygen atoms in total. The fourth-order valence-electron chi connectivity index (χ4n) is 4.80. The molecule has 1 atom stereocenters. The number of halogens is 1. The lowest BCUT2D eigenvalue weighted by Crippen LogP contribution is -2.62. The largest absolute Gasteiger partial charge is 0.455 e. The highest BCUT2D eigenvalue weighted by Crippen LogP contribution is 2.39. The molecule has 31 heavy (non-hydrogen) atoms. The average Bonchev–Trinajstić information content (AvgIpc) is 3.42. The monoisotopic (exact) mass is 430 g/mol. The summed E-state index contributed by atoms with van der Waals surface area (Å²) in [6.07, 6.45) is 5.31. The van der Waals surface area contributed by atoms with Gasteiger partial charge in [-0.25, -0.2) is 4.39 Å². The first-order valence-corrected chi connectivity index (χ1v) is 10.9. The van der Waals surface area contributed by atoms with Crippen LogP contribution in [0.4, 0.5) is 4.39 Å². The molecule has 0 radical (unpaired) electrons. The van der Waals surface area contributed by atoms with Crippen molar-refractivity contribution in [3.05, 3.63) is 28.8 Å². The standard InChI is InChI=1S/C22H27FN4O4/c1-13-18-17(31-20(13)21(29)24-8-16-4-3-7-30-16)6-5-15-9-27(25-19(15)18)12-22(23)10-26(11-22)14(2)28/h9,16H,3-8,10-12H2,1-2H3,(H,24,29)/t16-/m0/s1.